The maximum absolute atomic E-state index is 12.3. The van der Waals surface area contributed by atoms with Gasteiger partial charge in [0.1, 0.15) is 5.54 Å². The molecule has 1 N–H and O–H groups in total. The van der Waals surface area contributed by atoms with Crippen LogP contribution in [0.1, 0.15) is 19.8 Å². The van der Waals surface area contributed by atoms with Crippen molar-refractivity contribution in [1.82, 2.24) is 0 Å². The lowest BCUT2D eigenvalue weighted by atomic mass is 9.95. The second kappa shape index (κ2) is 6.66. The number of rotatable bonds is 4. The van der Waals surface area contributed by atoms with Gasteiger partial charge in [-0.3, -0.25) is 0 Å². The van der Waals surface area contributed by atoms with Crippen molar-refractivity contribution in [3.8, 4) is 0 Å². The van der Waals surface area contributed by atoms with Gasteiger partial charge in [-0.25, -0.2) is 4.79 Å². The molecular formula is C14H18BrNO2S. The van der Waals surface area contributed by atoms with Crippen molar-refractivity contribution < 1.29 is 9.53 Å². The molecule has 19 heavy (non-hydrogen) atoms. The average Bonchev–Trinajstić information content (AvgIpc) is 2.43. The van der Waals surface area contributed by atoms with Gasteiger partial charge in [-0.1, -0.05) is 12.1 Å². The number of hydrogen-bond acceptors (Lipinski definition) is 4. The summed E-state index contributed by atoms with van der Waals surface area (Å²) in [6.45, 7) is 2.27. The highest BCUT2D eigenvalue weighted by Crippen LogP contribution is 2.33. The maximum Gasteiger partial charge on any atom is 0.332 e. The van der Waals surface area contributed by atoms with E-state index in [4.69, 9.17) is 4.74 Å². The molecule has 1 aromatic carbocycles. The van der Waals surface area contributed by atoms with Gasteiger partial charge in [-0.15, -0.1) is 0 Å². The van der Waals surface area contributed by atoms with E-state index in [0.717, 1.165) is 34.5 Å². The Kier molecular flexibility index (Phi) is 5.16. The van der Waals surface area contributed by atoms with Crippen LogP contribution in [0.5, 0.6) is 0 Å². The molecule has 3 nitrogen and oxygen atoms in total. The van der Waals surface area contributed by atoms with E-state index in [-0.39, 0.29) is 5.97 Å². The van der Waals surface area contributed by atoms with Crippen molar-refractivity contribution in [3.05, 3.63) is 28.7 Å². The van der Waals surface area contributed by atoms with E-state index in [2.05, 4.69) is 21.2 Å². The van der Waals surface area contributed by atoms with Crippen LogP contribution < -0.4 is 5.32 Å². The Hall–Kier alpha value is -0.680. The molecule has 1 heterocycles. The van der Waals surface area contributed by atoms with Crippen molar-refractivity contribution in [2.75, 3.05) is 23.4 Å². The number of para-hydroxylation sites is 1. The van der Waals surface area contributed by atoms with Crippen molar-refractivity contribution in [3.63, 3.8) is 0 Å². The van der Waals surface area contributed by atoms with E-state index in [1.54, 1.807) is 11.8 Å². The van der Waals surface area contributed by atoms with Crippen LogP contribution >= 0.6 is 27.7 Å². The minimum absolute atomic E-state index is 0.141. The number of carbonyl (C=O) groups is 1. The smallest absolute Gasteiger partial charge is 0.332 e. The van der Waals surface area contributed by atoms with Gasteiger partial charge in [0.05, 0.1) is 6.61 Å². The van der Waals surface area contributed by atoms with Gasteiger partial charge in [0, 0.05) is 15.9 Å². The highest BCUT2D eigenvalue weighted by atomic mass is 79.9. The van der Waals surface area contributed by atoms with Crippen LogP contribution in [0, 0.1) is 0 Å². The highest BCUT2D eigenvalue weighted by molar-refractivity contribution is 9.10. The van der Waals surface area contributed by atoms with E-state index in [1.165, 1.54) is 0 Å². The minimum Gasteiger partial charge on any atom is -0.464 e. The monoisotopic (exact) mass is 343 g/mol. The molecule has 1 fully saturated rings. The number of benzene rings is 1. The third-order valence-electron chi connectivity index (χ3n) is 3.15. The first-order valence-electron chi connectivity index (χ1n) is 6.45. The summed E-state index contributed by atoms with van der Waals surface area (Å²) in [7, 11) is 0. The fourth-order valence-electron chi connectivity index (χ4n) is 2.19. The zero-order valence-corrected chi connectivity index (χ0v) is 13.4. The molecule has 1 unspecified atom stereocenters. The first kappa shape index (κ1) is 14.7. The number of anilines is 1. The molecule has 104 valence electrons. The van der Waals surface area contributed by atoms with Gasteiger partial charge in [0.15, 0.2) is 0 Å². The van der Waals surface area contributed by atoms with E-state index in [0.29, 0.717) is 6.61 Å². The summed E-state index contributed by atoms with van der Waals surface area (Å²) in [5.74, 6) is 1.73. The summed E-state index contributed by atoms with van der Waals surface area (Å²) in [6.07, 6.45) is 1.85. The van der Waals surface area contributed by atoms with Crippen LogP contribution in [-0.2, 0) is 9.53 Å². The molecule has 0 aliphatic carbocycles. The predicted octanol–water partition coefficient (Wildman–Crippen LogP) is 3.69. The molecule has 1 aliphatic rings. The topological polar surface area (TPSA) is 38.3 Å². The SMILES string of the molecule is CCOC(=O)C1(Nc2ccccc2Br)CCCSC1. The molecule has 1 atom stereocenters. The van der Waals surface area contributed by atoms with E-state index in [9.17, 15) is 4.79 Å². The molecule has 1 saturated heterocycles. The second-order valence-corrected chi connectivity index (χ2v) is 6.52. The van der Waals surface area contributed by atoms with Crippen LogP contribution in [0.3, 0.4) is 0 Å². The molecule has 0 saturated carbocycles. The van der Waals surface area contributed by atoms with Crippen LogP contribution in [0.4, 0.5) is 5.69 Å². The third-order valence-corrected chi connectivity index (χ3v) is 5.12. The Balaban J connectivity index is 2.23. The number of carbonyl (C=O) groups excluding carboxylic acids is 1. The molecular weight excluding hydrogens is 326 g/mol. The minimum atomic E-state index is -0.594. The standard InChI is InChI=1S/C14H18BrNO2S/c1-2-18-13(17)14(8-5-9-19-10-14)16-12-7-4-3-6-11(12)15/h3-4,6-7,16H,2,5,8-10H2,1H3. The van der Waals surface area contributed by atoms with Crippen molar-refractivity contribution in [2.24, 2.45) is 0 Å². The zero-order chi connectivity index (χ0) is 13.7. The Labute approximate surface area is 126 Å². The number of hydrogen-bond donors (Lipinski definition) is 1. The summed E-state index contributed by atoms with van der Waals surface area (Å²) in [5.41, 5.74) is 0.348. The van der Waals surface area contributed by atoms with Crippen molar-refractivity contribution in [2.45, 2.75) is 25.3 Å². The van der Waals surface area contributed by atoms with E-state index < -0.39 is 5.54 Å². The fraction of sp³-hybridized carbons (Fsp3) is 0.500. The number of thioether (sulfide) groups is 1. The lowest BCUT2D eigenvalue weighted by Gasteiger charge is -2.36. The third kappa shape index (κ3) is 3.45. The lowest BCUT2D eigenvalue weighted by Crippen LogP contribution is -2.51. The van der Waals surface area contributed by atoms with Crippen molar-refractivity contribution in [1.29, 1.82) is 0 Å². The number of nitrogens with one attached hydrogen (secondary N) is 1. The van der Waals surface area contributed by atoms with E-state index >= 15 is 0 Å². The summed E-state index contributed by atoms with van der Waals surface area (Å²) < 4.78 is 6.23. The Morgan fingerprint density at radius 1 is 1.53 bits per heavy atom. The molecule has 2 rings (SSSR count). The van der Waals surface area contributed by atoms with Gasteiger partial charge in [-0.2, -0.15) is 11.8 Å². The van der Waals surface area contributed by atoms with Crippen LogP contribution in [0.15, 0.2) is 28.7 Å². The first-order valence-corrected chi connectivity index (χ1v) is 8.40. The van der Waals surface area contributed by atoms with Gasteiger partial charge in [0.2, 0.25) is 0 Å². The number of esters is 1. The summed E-state index contributed by atoms with van der Waals surface area (Å²) in [5, 5.41) is 3.40. The Morgan fingerprint density at radius 3 is 2.95 bits per heavy atom. The van der Waals surface area contributed by atoms with Crippen LogP contribution in [0.2, 0.25) is 0 Å². The Morgan fingerprint density at radius 2 is 2.32 bits per heavy atom. The average molecular weight is 344 g/mol. The van der Waals surface area contributed by atoms with Gasteiger partial charge >= 0.3 is 5.97 Å². The number of halogens is 1. The molecule has 1 aromatic rings. The summed E-state index contributed by atoms with van der Waals surface area (Å²) in [6, 6.07) is 7.87. The first-order chi connectivity index (χ1) is 9.18. The largest absolute Gasteiger partial charge is 0.464 e. The van der Waals surface area contributed by atoms with E-state index in [1.807, 2.05) is 31.2 Å². The summed E-state index contributed by atoms with van der Waals surface area (Å²) >= 11 is 5.32. The van der Waals surface area contributed by atoms with Crippen LogP contribution in [-0.4, -0.2) is 29.6 Å². The molecule has 0 bridgehead atoms. The number of ether oxygens (including phenoxy) is 1. The van der Waals surface area contributed by atoms with Gasteiger partial charge < -0.3 is 10.1 Å². The molecule has 0 amide bonds. The quantitative estimate of drug-likeness (QED) is 0.846. The molecule has 5 heteroatoms. The fourth-order valence-corrected chi connectivity index (χ4v) is 3.75. The molecule has 0 spiro atoms. The molecule has 0 aromatic heterocycles. The zero-order valence-electron chi connectivity index (χ0n) is 10.9. The predicted molar refractivity (Wildman–Crippen MR) is 83.7 cm³/mol. The normalized spacial score (nSPS) is 22.8. The summed E-state index contributed by atoms with van der Waals surface area (Å²) in [4.78, 5) is 12.3. The lowest BCUT2D eigenvalue weighted by molar-refractivity contribution is -0.148. The van der Waals surface area contributed by atoms with Gasteiger partial charge in [0.25, 0.3) is 0 Å². The Bertz CT molecular complexity index is 447. The maximum atomic E-state index is 12.3. The van der Waals surface area contributed by atoms with Gasteiger partial charge in [-0.05, 0) is 53.6 Å². The van der Waals surface area contributed by atoms with Crippen molar-refractivity contribution >= 4 is 39.3 Å². The molecule has 1 aliphatic heterocycles. The second-order valence-electron chi connectivity index (χ2n) is 4.56. The highest BCUT2D eigenvalue weighted by Gasteiger charge is 2.41. The van der Waals surface area contributed by atoms with Crippen LogP contribution in [0.25, 0.3) is 0 Å². The molecule has 0 radical (unpaired) electrons.